The van der Waals surface area contributed by atoms with Crippen LogP contribution in [0.4, 0.5) is 0 Å². The van der Waals surface area contributed by atoms with E-state index in [2.05, 4.69) is 66.5 Å². The van der Waals surface area contributed by atoms with Gasteiger partial charge in [-0.15, -0.1) is 0 Å². The second-order valence-electron chi connectivity index (χ2n) is 1.78. The first-order valence-electron chi connectivity index (χ1n) is 4.77. The molecule has 0 spiro atoms. The summed E-state index contributed by atoms with van der Waals surface area (Å²) in [5.41, 5.74) is 0.887. The smallest absolute Gasteiger partial charge is 0 e. The molecule has 0 saturated carbocycles. The minimum atomic E-state index is 0. The van der Waals surface area contributed by atoms with E-state index in [0.29, 0.717) is 11.1 Å². The summed E-state index contributed by atoms with van der Waals surface area (Å²) in [7, 11) is 0. The van der Waals surface area contributed by atoms with E-state index in [-0.39, 0.29) is 34.1 Å². The average Bonchev–Trinajstić information content (AvgIpc) is 2.95. The second kappa shape index (κ2) is 252. The number of hydrogen-bond acceptors (Lipinski definition) is 2. The van der Waals surface area contributed by atoms with Crippen LogP contribution in [0, 0.1) is 66.5 Å². The van der Waals surface area contributed by atoms with Gasteiger partial charge >= 0.3 is 113 Å². The fraction of sp³-hybridized carbons (Fsp3) is 0. The molecule has 0 bridgehead atoms. The van der Waals surface area contributed by atoms with Crippen LogP contribution in [0.3, 0.4) is 0 Å². The van der Waals surface area contributed by atoms with Crippen molar-refractivity contribution >= 4 is 12.6 Å². The molecule has 0 N–H and O–H groups in total. The van der Waals surface area contributed by atoms with Crippen molar-refractivity contribution in [3.63, 3.8) is 0 Å². The fourth-order valence-electron chi connectivity index (χ4n) is 0.606. The SMILES string of the molecule is O=[C-]c1ccc([C-]=O)cc1.[C-]#[O+].[C-]#[O+].[C-]#[O+].[C-]#[O+].[C-]#[O+].[C-]#[O+].[C-]#[O+].[C-]#[O+].[C-]#[O+].[C-]#[O+].[Mn].[Mn]. The maximum atomic E-state index is 9.98. The molecule has 0 aromatic heterocycles. The maximum absolute atomic E-state index is 9.98. The molecule has 2 radical (unpaired) electrons. The van der Waals surface area contributed by atoms with Crippen LogP contribution in [0.5, 0.6) is 0 Å². The Morgan fingerprint density at radius 1 is 0.375 bits per heavy atom. The van der Waals surface area contributed by atoms with Gasteiger partial charge in [0, 0.05) is 34.1 Å². The van der Waals surface area contributed by atoms with Crippen molar-refractivity contribution in [2.24, 2.45) is 0 Å². The first-order chi connectivity index (χ1) is 14.9. The zero-order valence-corrected chi connectivity index (χ0v) is 17.3. The van der Waals surface area contributed by atoms with Gasteiger partial charge in [0.05, 0.1) is 12.6 Å². The van der Waals surface area contributed by atoms with Crippen molar-refractivity contribution in [1.29, 1.82) is 0 Å². The number of rotatable bonds is 2. The molecule has 1 aromatic carbocycles. The van der Waals surface area contributed by atoms with Crippen LogP contribution < -0.4 is 0 Å². The third kappa shape index (κ3) is 151. The standard InChI is InChI=1S/C8H4O2.10CO.2Mn/c9-5-7-1-2-8(6-10)4-3-7;10*1-2;;/h1-4H;;;;;;;;;;;;/q-2;;;;;;;;;;;;. The first kappa shape index (κ1) is 78.7. The molecule has 1 rings (SSSR count). The summed E-state index contributed by atoms with van der Waals surface area (Å²) in [6.45, 7) is 45.0. The van der Waals surface area contributed by atoms with Gasteiger partial charge in [-0.1, -0.05) is 0 Å². The summed E-state index contributed by atoms with van der Waals surface area (Å²) in [5.74, 6) is 0. The van der Waals surface area contributed by atoms with Gasteiger partial charge in [0.1, 0.15) is 0 Å². The molecule has 0 aliphatic heterocycles. The minimum absolute atomic E-state index is 0. The molecule has 0 unspecified atom stereocenters. The average molecular weight is 522 g/mol. The zero-order chi connectivity index (χ0) is 27.4. The quantitative estimate of drug-likeness (QED) is 0.301. The molecule has 0 fully saturated rings. The summed E-state index contributed by atoms with van der Waals surface area (Å²) in [6.07, 6.45) is 3.40. The Labute approximate surface area is 204 Å². The van der Waals surface area contributed by atoms with E-state index in [1.165, 1.54) is 24.3 Å². The Bertz CT molecular complexity index is 504. The number of carbonyl (C=O) groups excluding carboxylic acids is 2. The second-order valence-corrected chi connectivity index (χ2v) is 1.78. The van der Waals surface area contributed by atoms with E-state index in [1.807, 2.05) is 0 Å². The summed E-state index contributed by atoms with van der Waals surface area (Å²) < 4.78 is 75.0. The van der Waals surface area contributed by atoms with Crippen LogP contribution >= 0.6 is 0 Å². The van der Waals surface area contributed by atoms with E-state index < -0.39 is 0 Å². The Balaban J connectivity index is -0.0000000158. The van der Waals surface area contributed by atoms with Gasteiger partial charge in [-0.25, -0.2) is 24.3 Å². The molecular formula is C18H4Mn2O12-2. The molecule has 32 heavy (non-hydrogen) atoms. The zero-order valence-electron chi connectivity index (χ0n) is 15.0. The van der Waals surface area contributed by atoms with Gasteiger partial charge in [0.2, 0.25) is 0 Å². The van der Waals surface area contributed by atoms with Crippen molar-refractivity contribution in [3.05, 3.63) is 102 Å². The predicted molar refractivity (Wildman–Crippen MR) is 75.3 cm³/mol. The monoisotopic (exact) mass is 522 g/mol. The normalized spacial score (nSPS) is 3.38. The van der Waals surface area contributed by atoms with Gasteiger partial charge in [0.15, 0.2) is 0 Å². The summed E-state index contributed by atoms with van der Waals surface area (Å²) >= 11 is 0. The Morgan fingerprint density at radius 2 is 0.469 bits per heavy atom. The van der Waals surface area contributed by atoms with Crippen LogP contribution in [0.25, 0.3) is 0 Å². The van der Waals surface area contributed by atoms with Crippen molar-refractivity contribution in [2.45, 2.75) is 0 Å². The van der Waals surface area contributed by atoms with Crippen molar-refractivity contribution in [3.8, 4) is 0 Å². The van der Waals surface area contributed by atoms with Gasteiger partial charge in [-0.05, 0) is 0 Å². The topological polar surface area (TPSA) is 233 Å². The van der Waals surface area contributed by atoms with Crippen LogP contribution in [-0.2, 0) is 90.2 Å². The van der Waals surface area contributed by atoms with Crippen LogP contribution in [0.1, 0.15) is 11.1 Å². The van der Waals surface area contributed by atoms with Gasteiger partial charge in [0.25, 0.3) is 0 Å². The molecule has 0 aliphatic carbocycles. The molecule has 12 nitrogen and oxygen atoms in total. The number of benzene rings is 1. The summed E-state index contributed by atoms with van der Waals surface area (Å²) in [5, 5.41) is 0. The Hall–Kier alpha value is -3.00. The Morgan fingerprint density at radius 3 is 0.531 bits per heavy atom. The van der Waals surface area contributed by atoms with Crippen molar-refractivity contribution in [1.82, 2.24) is 0 Å². The van der Waals surface area contributed by atoms with Gasteiger partial charge in [-0.3, -0.25) is 0 Å². The van der Waals surface area contributed by atoms with Crippen LogP contribution in [-0.4, -0.2) is 12.6 Å². The molecule has 0 heterocycles. The maximum Gasteiger partial charge on any atom is 0 e. The first-order valence-corrected chi connectivity index (χ1v) is 4.77. The van der Waals surface area contributed by atoms with E-state index >= 15 is 0 Å². The van der Waals surface area contributed by atoms with E-state index in [0.717, 1.165) is 0 Å². The summed E-state index contributed by atoms with van der Waals surface area (Å²) in [4.78, 5) is 20.0. The summed E-state index contributed by atoms with van der Waals surface area (Å²) in [6, 6.07) is 6.08. The largest absolute Gasteiger partial charge is 0 e. The van der Waals surface area contributed by atoms with E-state index in [9.17, 15) is 9.59 Å². The molecule has 0 atom stereocenters. The molecule has 0 aliphatic rings. The van der Waals surface area contributed by atoms with Crippen molar-refractivity contribution in [2.75, 3.05) is 0 Å². The molecule has 0 amide bonds. The third-order valence-corrected chi connectivity index (χ3v) is 1.12. The molecule has 1 aromatic rings. The van der Waals surface area contributed by atoms with E-state index in [4.69, 9.17) is 46.5 Å². The van der Waals surface area contributed by atoms with Crippen LogP contribution in [0.15, 0.2) is 24.3 Å². The predicted octanol–water partition coefficient (Wildman–Crippen LogP) is 0.222. The number of hydrogen-bond donors (Lipinski definition) is 0. The molecular weight excluding hydrogens is 518 g/mol. The Kier molecular flexibility index (Phi) is 620. The van der Waals surface area contributed by atoms with Crippen molar-refractivity contribution < 1.29 is 90.2 Å². The molecule has 0 saturated heterocycles. The molecule has 14 heteroatoms. The van der Waals surface area contributed by atoms with Gasteiger partial charge < -0.3 is 9.59 Å². The molecule has 164 valence electrons. The van der Waals surface area contributed by atoms with Crippen LogP contribution in [0.2, 0.25) is 0 Å². The minimum Gasteiger partial charge on any atom is 0 e. The van der Waals surface area contributed by atoms with Gasteiger partial charge in [-0.2, -0.15) is 11.1 Å². The third-order valence-electron chi connectivity index (χ3n) is 1.12. The fourth-order valence-corrected chi connectivity index (χ4v) is 0.606. The van der Waals surface area contributed by atoms with E-state index in [1.54, 1.807) is 12.6 Å².